The third-order valence-corrected chi connectivity index (χ3v) is 9.57. The molecule has 0 saturated heterocycles. The minimum Gasteiger partial charge on any atom is -0.439 e. The number of fused-ring (bicyclic) bond motifs is 6. The third kappa shape index (κ3) is 5.25. The highest BCUT2D eigenvalue weighted by atomic mass is 32.2. The molecule has 0 atom stereocenters. The lowest BCUT2D eigenvalue weighted by Gasteiger charge is -2.20. The number of thiazole rings is 1. The highest BCUT2D eigenvalue weighted by Crippen LogP contribution is 2.45. The van der Waals surface area contributed by atoms with Gasteiger partial charge in [-0.3, -0.25) is 14.4 Å². The maximum absolute atomic E-state index is 12.2. The predicted molar refractivity (Wildman–Crippen MR) is 161 cm³/mol. The van der Waals surface area contributed by atoms with Gasteiger partial charge in [-0.1, -0.05) is 43.2 Å². The van der Waals surface area contributed by atoms with Crippen molar-refractivity contribution in [3.05, 3.63) is 76.4 Å². The van der Waals surface area contributed by atoms with Crippen molar-refractivity contribution < 1.29 is 22.3 Å². The second-order valence-corrected chi connectivity index (χ2v) is 13.1. The number of rotatable bonds is 7. The van der Waals surface area contributed by atoms with Crippen LogP contribution < -0.4 is 14.2 Å². The molecular formula is C31H34N3O4S2+. The molecule has 0 spiro atoms. The van der Waals surface area contributed by atoms with Crippen molar-refractivity contribution >= 4 is 54.2 Å². The number of hydrogen-bond donors (Lipinski definition) is 1. The van der Waals surface area contributed by atoms with Crippen LogP contribution in [-0.2, 0) is 30.0 Å². The second-order valence-electron chi connectivity index (χ2n) is 10.7. The molecule has 1 aliphatic carbocycles. The number of pyridine rings is 1. The molecule has 1 N–H and O–H groups in total. The minimum absolute atomic E-state index is 0.436. The maximum Gasteiger partial charge on any atom is 0.283 e. The summed E-state index contributed by atoms with van der Waals surface area (Å²) >= 11 is 1.72. The molecular weight excluding hydrogens is 542 g/mol. The Labute approximate surface area is 239 Å². The molecule has 2 aliphatic rings. The number of benzene rings is 2. The van der Waals surface area contributed by atoms with E-state index in [1.165, 1.54) is 10.3 Å². The van der Waals surface area contributed by atoms with Gasteiger partial charge in [0.25, 0.3) is 15.1 Å². The summed E-state index contributed by atoms with van der Waals surface area (Å²) in [4.78, 5) is 6.00. The van der Waals surface area contributed by atoms with Crippen LogP contribution in [0.1, 0.15) is 61.6 Å². The Balaban J connectivity index is 1.46. The fourth-order valence-corrected chi connectivity index (χ4v) is 7.60. The molecule has 1 aliphatic heterocycles. The first-order valence-corrected chi connectivity index (χ1v) is 16.4. The van der Waals surface area contributed by atoms with Gasteiger partial charge in [0.15, 0.2) is 11.6 Å². The molecule has 0 bridgehead atoms. The molecule has 9 heteroatoms. The van der Waals surface area contributed by atoms with Gasteiger partial charge in [0.05, 0.1) is 11.1 Å². The number of allylic oxidation sites excluding steroid dienone is 2. The maximum atomic E-state index is 12.2. The summed E-state index contributed by atoms with van der Waals surface area (Å²) < 4.78 is 44.0. The fraction of sp³-hybridized carbons (Fsp3) is 0.355. The molecule has 2 aromatic heterocycles. The van der Waals surface area contributed by atoms with E-state index >= 15 is 0 Å². The van der Waals surface area contributed by atoms with E-state index in [-0.39, 0.29) is 0 Å². The van der Waals surface area contributed by atoms with Crippen LogP contribution in [0.25, 0.3) is 27.1 Å². The lowest BCUT2D eigenvalue weighted by molar-refractivity contribution is -0.641. The number of aromatic nitrogens is 2. The average molecular weight is 577 g/mol. The van der Waals surface area contributed by atoms with Gasteiger partial charge in [0.2, 0.25) is 11.4 Å². The highest BCUT2D eigenvalue weighted by Gasteiger charge is 2.33. The van der Waals surface area contributed by atoms with Crippen molar-refractivity contribution in [2.45, 2.75) is 58.3 Å². The van der Waals surface area contributed by atoms with Gasteiger partial charge < -0.3 is 4.74 Å². The van der Waals surface area contributed by atoms with Crippen LogP contribution in [0.2, 0.25) is 0 Å². The molecule has 0 radical (unpaired) electrons. The smallest absolute Gasteiger partial charge is 0.283 e. The van der Waals surface area contributed by atoms with E-state index in [9.17, 15) is 13.0 Å². The molecule has 40 heavy (non-hydrogen) atoms. The number of hydrogen-bond acceptors (Lipinski definition) is 6. The summed E-state index contributed by atoms with van der Waals surface area (Å²) in [6.45, 7) is 2.16. The van der Waals surface area contributed by atoms with Crippen molar-refractivity contribution in [1.29, 1.82) is 0 Å². The van der Waals surface area contributed by atoms with E-state index in [0.717, 1.165) is 89.5 Å². The van der Waals surface area contributed by atoms with Crippen molar-refractivity contribution in [2.24, 2.45) is 7.05 Å². The Kier molecular flexibility index (Phi) is 7.37. The quantitative estimate of drug-likeness (QED) is 0.150. The molecule has 6 rings (SSSR count). The number of anilines is 1. The van der Waals surface area contributed by atoms with Crippen LogP contribution in [0.4, 0.5) is 5.69 Å². The summed E-state index contributed by atoms with van der Waals surface area (Å²) in [6.07, 6.45) is 15.8. The number of ether oxygens (including phenoxy) is 1. The number of aryl methyl sites for hydroxylation is 2. The van der Waals surface area contributed by atoms with Gasteiger partial charge in [0, 0.05) is 24.5 Å². The zero-order valence-corrected chi connectivity index (χ0v) is 24.5. The molecule has 3 heterocycles. The van der Waals surface area contributed by atoms with Gasteiger partial charge in [0.1, 0.15) is 11.7 Å². The highest BCUT2D eigenvalue weighted by molar-refractivity contribution is 7.85. The summed E-state index contributed by atoms with van der Waals surface area (Å²) in [6, 6.07) is 10.4. The van der Waals surface area contributed by atoms with Crippen molar-refractivity contribution in [3.8, 4) is 5.75 Å². The van der Waals surface area contributed by atoms with Gasteiger partial charge in [-0.25, -0.2) is 0 Å². The zero-order chi connectivity index (χ0) is 27.9. The van der Waals surface area contributed by atoms with E-state index in [1.807, 2.05) is 30.6 Å². The first kappa shape index (κ1) is 26.9. The Bertz CT molecular complexity index is 1770. The average Bonchev–Trinajstić information content (AvgIpc) is 3.30. The molecule has 0 amide bonds. The van der Waals surface area contributed by atoms with Gasteiger partial charge >= 0.3 is 0 Å². The van der Waals surface area contributed by atoms with Crippen LogP contribution >= 0.6 is 11.3 Å². The topological polar surface area (TPSA) is 83.6 Å². The number of unbranched alkanes of at least 4 members (excludes halogenated alkanes) is 1. The lowest BCUT2D eigenvalue weighted by Crippen LogP contribution is -2.29. The van der Waals surface area contributed by atoms with Crippen LogP contribution in [0.3, 0.4) is 0 Å². The first-order chi connectivity index (χ1) is 19.3. The van der Waals surface area contributed by atoms with E-state index in [4.69, 9.17) is 4.74 Å². The van der Waals surface area contributed by atoms with Crippen LogP contribution in [0.5, 0.6) is 5.75 Å². The largest absolute Gasteiger partial charge is 0.439 e. The molecule has 4 aromatic rings. The van der Waals surface area contributed by atoms with E-state index in [2.05, 4.69) is 47.8 Å². The van der Waals surface area contributed by atoms with Gasteiger partial charge in [-0.15, -0.1) is 0 Å². The van der Waals surface area contributed by atoms with Crippen LogP contribution in [0, 0.1) is 0 Å². The SMILES string of the molecule is CCCCC(/C=C1\Oc2ccc3c(c2N1CS(=O)(=O)O)CCCCC3)=C\c1sc2ccc3ccncc3c2[n+]1C. The van der Waals surface area contributed by atoms with E-state index in [1.54, 1.807) is 16.2 Å². The van der Waals surface area contributed by atoms with Crippen molar-refractivity contribution in [2.75, 3.05) is 10.8 Å². The monoisotopic (exact) mass is 576 g/mol. The zero-order valence-electron chi connectivity index (χ0n) is 22.9. The summed E-state index contributed by atoms with van der Waals surface area (Å²) in [5.74, 6) is 0.543. The molecule has 2 aromatic carbocycles. The number of nitrogens with zero attached hydrogens (tertiary/aromatic N) is 3. The van der Waals surface area contributed by atoms with Crippen molar-refractivity contribution in [1.82, 2.24) is 4.98 Å². The van der Waals surface area contributed by atoms with E-state index < -0.39 is 16.0 Å². The normalized spacial score (nSPS) is 16.8. The van der Waals surface area contributed by atoms with Gasteiger partial charge in [-0.2, -0.15) is 13.0 Å². The lowest BCUT2D eigenvalue weighted by atomic mass is 10.00. The fourth-order valence-electron chi connectivity index (χ4n) is 5.87. The molecule has 0 fully saturated rings. The molecule has 208 valence electrons. The predicted octanol–water partition coefficient (Wildman–Crippen LogP) is 6.70. The Morgan fingerprint density at radius 2 is 2.02 bits per heavy atom. The summed E-state index contributed by atoms with van der Waals surface area (Å²) in [7, 11) is -2.22. The summed E-state index contributed by atoms with van der Waals surface area (Å²) in [5.41, 5.74) is 5.34. The van der Waals surface area contributed by atoms with E-state index in [0.29, 0.717) is 11.6 Å². The summed E-state index contributed by atoms with van der Waals surface area (Å²) in [5, 5.41) is 3.35. The third-order valence-electron chi connectivity index (χ3n) is 7.83. The van der Waals surface area contributed by atoms with Crippen LogP contribution in [0.15, 0.2) is 60.3 Å². The van der Waals surface area contributed by atoms with Gasteiger partial charge in [-0.05, 0) is 78.8 Å². The molecule has 0 saturated carbocycles. The standard InChI is InChI=1S/C31H33N3O4S2/c1-3-4-8-21(18-29-33(2)31-25-19-32-16-15-23(25)12-14-27(31)39-29)17-28-34(20-40(35,36)37)30-24-10-7-5-6-9-22(24)11-13-26(30)38-28/h11-19H,3-10,20H2,1-2H3/p+1. The Morgan fingerprint density at radius 1 is 1.18 bits per heavy atom. The Hall–Kier alpha value is -3.27. The van der Waals surface area contributed by atoms with Crippen LogP contribution in [-0.4, -0.2) is 23.8 Å². The Morgan fingerprint density at radius 3 is 2.85 bits per heavy atom. The molecule has 7 nitrogen and oxygen atoms in total. The first-order valence-electron chi connectivity index (χ1n) is 13.9. The minimum atomic E-state index is -4.30. The van der Waals surface area contributed by atoms with Crippen molar-refractivity contribution in [3.63, 3.8) is 0 Å². The second kappa shape index (κ2) is 11.0. The molecule has 0 unspecified atom stereocenters.